The maximum atomic E-state index is 12.8. The van der Waals surface area contributed by atoms with Gasteiger partial charge in [0.05, 0.1) is 12.6 Å². The van der Waals surface area contributed by atoms with E-state index in [0.29, 0.717) is 12.4 Å². The largest absolute Gasteiger partial charge is 0.481 e. The number of aromatic nitrogens is 3. The SMILES string of the molecule is COc1ccc(-c2n[nH]c3ccc(NC(=O)[C@]4(SC)CCNC4)cc23)cn1. The average Bonchev–Trinajstić information content (AvgIpc) is 3.35. The van der Waals surface area contributed by atoms with E-state index in [9.17, 15) is 4.79 Å². The van der Waals surface area contributed by atoms with Crippen LogP contribution < -0.4 is 15.4 Å². The summed E-state index contributed by atoms with van der Waals surface area (Å²) in [5.41, 5.74) is 3.34. The molecular weight excluding hydrogens is 362 g/mol. The van der Waals surface area contributed by atoms with Crippen LogP contribution >= 0.6 is 11.8 Å². The second-order valence-corrected chi connectivity index (χ2v) is 7.69. The third kappa shape index (κ3) is 3.26. The standard InChI is InChI=1S/C19H21N5O2S/c1-26-16-6-3-12(10-21-16)17-14-9-13(4-5-15(14)23-24-17)22-18(25)19(27-2)7-8-20-11-19/h3-6,9-10,20H,7-8,11H2,1-2H3,(H,22,25)(H,23,24)/t19-/m0/s1. The molecule has 2 aromatic heterocycles. The maximum absolute atomic E-state index is 12.8. The monoisotopic (exact) mass is 383 g/mol. The highest BCUT2D eigenvalue weighted by atomic mass is 32.2. The molecule has 4 rings (SSSR count). The minimum absolute atomic E-state index is 0.0375. The number of thioether (sulfide) groups is 1. The third-order valence-electron chi connectivity index (χ3n) is 4.96. The van der Waals surface area contributed by atoms with Gasteiger partial charge in [-0.25, -0.2) is 4.98 Å². The highest BCUT2D eigenvalue weighted by Crippen LogP contribution is 2.33. The molecule has 1 saturated heterocycles. The molecule has 0 aliphatic carbocycles. The second kappa shape index (κ2) is 7.21. The lowest BCUT2D eigenvalue weighted by atomic mass is 10.1. The molecule has 140 valence electrons. The number of aromatic amines is 1. The first-order chi connectivity index (χ1) is 13.1. The van der Waals surface area contributed by atoms with Gasteiger partial charge >= 0.3 is 0 Å². The van der Waals surface area contributed by atoms with Crippen molar-refractivity contribution < 1.29 is 9.53 Å². The van der Waals surface area contributed by atoms with Crippen LogP contribution in [0.3, 0.4) is 0 Å². The Bertz CT molecular complexity index is 964. The first kappa shape index (κ1) is 17.8. The van der Waals surface area contributed by atoms with Gasteiger partial charge in [-0.1, -0.05) is 0 Å². The summed E-state index contributed by atoms with van der Waals surface area (Å²) in [5, 5.41) is 14.7. The predicted molar refractivity (Wildman–Crippen MR) is 108 cm³/mol. The lowest BCUT2D eigenvalue weighted by Crippen LogP contribution is -2.41. The number of benzene rings is 1. The molecule has 1 aliphatic heterocycles. The van der Waals surface area contributed by atoms with Gasteiger partial charge in [-0.05, 0) is 43.5 Å². The molecule has 3 aromatic rings. The quantitative estimate of drug-likeness (QED) is 0.627. The first-order valence-corrected chi connectivity index (χ1v) is 9.93. The van der Waals surface area contributed by atoms with Crippen molar-refractivity contribution in [2.75, 3.05) is 31.8 Å². The number of carbonyl (C=O) groups is 1. The molecule has 1 amide bonds. The van der Waals surface area contributed by atoms with Gasteiger partial charge in [-0.15, -0.1) is 11.8 Å². The lowest BCUT2D eigenvalue weighted by molar-refractivity contribution is -0.118. The van der Waals surface area contributed by atoms with Gasteiger partial charge in [0.2, 0.25) is 11.8 Å². The number of H-pyrrole nitrogens is 1. The number of anilines is 1. The summed E-state index contributed by atoms with van der Waals surface area (Å²) in [6, 6.07) is 9.49. The summed E-state index contributed by atoms with van der Waals surface area (Å²) in [4.78, 5) is 17.1. The van der Waals surface area contributed by atoms with Crippen LogP contribution in [-0.2, 0) is 4.79 Å². The zero-order valence-electron chi connectivity index (χ0n) is 15.2. The fraction of sp³-hybridized carbons (Fsp3) is 0.316. The molecule has 8 heteroatoms. The Morgan fingerprint density at radius 2 is 2.22 bits per heavy atom. The van der Waals surface area contributed by atoms with Gasteiger partial charge in [0.1, 0.15) is 10.4 Å². The van der Waals surface area contributed by atoms with Gasteiger partial charge in [0.25, 0.3) is 0 Å². The zero-order valence-corrected chi connectivity index (χ0v) is 16.0. The van der Waals surface area contributed by atoms with Crippen molar-refractivity contribution in [3.63, 3.8) is 0 Å². The van der Waals surface area contributed by atoms with Crippen LogP contribution in [0.15, 0.2) is 36.5 Å². The van der Waals surface area contributed by atoms with Crippen molar-refractivity contribution >= 4 is 34.3 Å². The van der Waals surface area contributed by atoms with Crippen LogP contribution in [0.4, 0.5) is 5.69 Å². The minimum Gasteiger partial charge on any atom is -0.481 e. The number of hydrogen-bond donors (Lipinski definition) is 3. The van der Waals surface area contributed by atoms with Crippen molar-refractivity contribution in [3.05, 3.63) is 36.5 Å². The van der Waals surface area contributed by atoms with E-state index in [1.165, 1.54) is 0 Å². The van der Waals surface area contributed by atoms with Crippen molar-refractivity contribution in [1.82, 2.24) is 20.5 Å². The molecule has 1 fully saturated rings. The molecule has 0 saturated carbocycles. The van der Waals surface area contributed by atoms with Crippen molar-refractivity contribution in [3.8, 4) is 17.1 Å². The lowest BCUT2D eigenvalue weighted by Gasteiger charge is -2.24. The smallest absolute Gasteiger partial charge is 0.241 e. The number of ether oxygens (including phenoxy) is 1. The Hall–Kier alpha value is -2.58. The van der Waals surface area contributed by atoms with E-state index < -0.39 is 4.75 Å². The van der Waals surface area contributed by atoms with E-state index in [-0.39, 0.29) is 5.91 Å². The summed E-state index contributed by atoms with van der Waals surface area (Å²) in [6.07, 6.45) is 4.55. The van der Waals surface area contributed by atoms with Crippen LogP contribution in [-0.4, -0.2) is 52.3 Å². The molecule has 3 N–H and O–H groups in total. The fourth-order valence-corrected chi connectivity index (χ4v) is 4.12. The topological polar surface area (TPSA) is 91.9 Å². The van der Waals surface area contributed by atoms with Crippen molar-refractivity contribution in [2.24, 2.45) is 0 Å². The number of pyridine rings is 1. The maximum Gasteiger partial charge on any atom is 0.241 e. The average molecular weight is 383 g/mol. The van der Waals surface area contributed by atoms with Gasteiger partial charge in [0.15, 0.2) is 0 Å². The number of hydrogen-bond acceptors (Lipinski definition) is 6. The molecule has 7 nitrogen and oxygen atoms in total. The van der Waals surface area contributed by atoms with Crippen molar-refractivity contribution in [1.29, 1.82) is 0 Å². The highest BCUT2D eigenvalue weighted by Gasteiger charge is 2.40. The Balaban J connectivity index is 1.64. The zero-order chi connectivity index (χ0) is 18.9. The normalized spacial score (nSPS) is 19.3. The summed E-state index contributed by atoms with van der Waals surface area (Å²) in [7, 11) is 1.59. The molecule has 0 radical (unpaired) electrons. The summed E-state index contributed by atoms with van der Waals surface area (Å²) < 4.78 is 4.70. The summed E-state index contributed by atoms with van der Waals surface area (Å²) in [6.45, 7) is 1.56. The van der Waals surface area contributed by atoms with Crippen molar-refractivity contribution in [2.45, 2.75) is 11.2 Å². The molecule has 0 spiro atoms. The van der Waals surface area contributed by atoms with Gasteiger partial charge in [-0.3, -0.25) is 9.89 Å². The van der Waals surface area contributed by atoms with Gasteiger partial charge < -0.3 is 15.4 Å². The number of methoxy groups -OCH3 is 1. The number of nitrogens with zero attached hydrogens (tertiary/aromatic N) is 2. The van der Waals surface area contributed by atoms with Crippen LogP contribution in [0, 0.1) is 0 Å². The number of amides is 1. The molecule has 3 heterocycles. The Labute approximate surface area is 161 Å². The molecule has 1 aliphatic rings. The molecular formula is C19H21N5O2S. The fourth-order valence-electron chi connectivity index (χ4n) is 3.33. The molecule has 27 heavy (non-hydrogen) atoms. The molecule has 0 bridgehead atoms. The van der Waals surface area contributed by atoms with Crippen LogP contribution in [0.5, 0.6) is 5.88 Å². The number of nitrogens with one attached hydrogen (secondary N) is 3. The van der Waals surface area contributed by atoms with E-state index in [1.807, 2.05) is 30.5 Å². The summed E-state index contributed by atoms with van der Waals surface area (Å²) >= 11 is 1.60. The second-order valence-electron chi connectivity index (χ2n) is 6.50. The third-order valence-corrected chi connectivity index (χ3v) is 6.28. The minimum atomic E-state index is -0.409. The highest BCUT2D eigenvalue weighted by molar-refractivity contribution is 8.00. The van der Waals surface area contributed by atoms with E-state index >= 15 is 0 Å². The van der Waals surface area contributed by atoms with E-state index in [2.05, 4.69) is 25.8 Å². The van der Waals surface area contributed by atoms with Crippen LogP contribution in [0.25, 0.3) is 22.2 Å². The number of carbonyl (C=O) groups excluding carboxylic acids is 1. The Morgan fingerprint density at radius 3 is 2.89 bits per heavy atom. The van der Waals surface area contributed by atoms with E-state index in [0.717, 1.165) is 40.8 Å². The Morgan fingerprint density at radius 1 is 1.33 bits per heavy atom. The molecule has 1 atom stereocenters. The van der Waals surface area contributed by atoms with Crippen LogP contribution in [0.1, 0.15) is 6.42 Å². The number of rotatable bonds is 5. The van der Waals surface area contributed by atoms with Gasteiger partial charge in [-0.2, -0.15) is 5.10 Å². The summed E-state index contributed by atoms with van der Waals surface area (Å²) in [5.74, 6) is 0.592. The van der Waals surface area contributed by atoms with Crippen LogP contribution in [0.2, 0.25) is 0 Å². The molecule has 1 aromatic carbocycles. The molecule has 0 unspecified atom stereocenters. The van der Waals surface area contributed by atoms with Gasteiger partial charge in [0, 0.05) is 35.4 Å². The Kier molecular flexibility index (Phi) is 4.75. The first-order valence-electron chi connectivity index (χ1n) is 8.71. The number of fused-ring (bicyclic) bond motifs is 1. The predicted octanol–water partition coefficient (Wildman–Crippen LogP) is 2.67. The van der Waals surface area contributed by atoms with E-state index in [1.54, 1.807) is 31.1 Å². The van der Waals surface area contributed by atoms with E-state index in [4.69, 9.17) is 4.74 Å².